The van der Waals surface area contributed by atoms with Gasteiger partial charge in [-0.15, -0.1) is 11.3 Å². The molecule has 3 N–H and O–H groups in total. The van der Waals surface area contributed by atoms with Gasteiger partial charge in [-0.25, -0.2) is 19.6 Å². The number of carbonyl (C=O) groups excluding carboxylic acids is 1. The van der Waals surface area contributed by atoms with Gasteiger partial charge in [0.25, 0.3) is 0 Å². The number of rotatable bonds is 10. The molecule has 12 nitrogen and oxygen atoms in total. The molecule has 0 saturated carbocycles. The summed E-state index contributed by atoms with van der Waals surface area (Å²) < 4.78 is 42.3. The summed E-state index contributed by atoms with van der Waals surface area (Å²) in [6.07, 6.45) is -0.924. The Bertz CT molecular complexity index is 1940. The van der Waals surface area contributed by atoms with Crippen LogP contribution in [0, 0.1) is 5.92 Å². The fourth-order valence-electron chi connectivity index (χ4n) is 6.55. The Morgan fingerprint density at radius 3 is 2.52 bits per heavy atom. The summed E-state index contributed by atoms with van der Waals surface area (Å²) in [4.78, 5) is 53.3. The van der Waals surface area contributed by atoms with Gasteiger partial charge in [-0.05, 0) is 56.6 Å². The average molecular weight is 713 g/mol. The Labute approximate surface area is 290 Å². The van der Waals surface area contributed by atoms with Crippen molar-refractivity contribution in [2.45, 2.75) is 26.1 Å². The second kappa shape index (κ2) is 14.8. The van der Waals surface area contributed by atoms with E-state index in [1.165, 1.54) is 18.5 Å². The van der Waals surface area contributed by atoms with Crippen molar-refractivity contribution in [1.82, 2.24) is 34.6 Å². The van der Waals surface area contributed by atoms with Gasteiger partial charge in [0.1, 0.15) is 16.4 Å². The van der Waals surface area contributed by atoms with Crippen LogP contribution in [0.5, 0.6) is 0 Å². The molecule has 16 heteroatoms. The van der Waals surface area contributed by atoms with E-state index in [0.29, 0.717) is 29.7 Å². The Hall–Kier alpha value is -4.38. The van der Waals surface area contributed by atoms with Crippen LogP contribution in [-0.2, 0) is 12.7 Å². The summed E-state index contributed by atoms with van der Waals surface area (Å²) in [5.74, 6) is -1.01. The summed E-state index contributed by atoms with van der Waals surface area (Å²) in [5.41, 5.74) is -0.500. The summed E-state index contributed by atoms with van der Waals surface area (Å²) in [6, 6.07) is 5.89. The van der Waals surface area contributed by atoms with Crippen molar-refractivity contribution in [2.75, 3.05) is 71.3 Å². The van der Waals surface area contributed by atoms with Crippen LogP contribution in [0.15, 0.2) is 46.8 Å². The van der Waals surface area contributed by atoms with Gasteiger partial charge in [0.2, 0.25) is 5.43 Å². The lowest BCUT2D eigenvalue weighted by molar-refractivity contribution is -0.140. The molecule has 1 aromatic carbocycles. The van der Waals surface area contributed by atoms with Gasteiger partial charge in [0, 0.05) is 93.2 Å². The Morgan fingerprint density at radius 2 is 1.82 bits per heavy atom. The molecule has 2 aliphatic heterocycles. The van der Waals surface area contributed by atoms with E-state index < -0.39 is 29.3 Å². The molecule has 2 saturated heterocycles. The minimum atomic E-state index is -4.66. The van der Waals surface area contributed by atoms with Crippen molar-refractivity contribution in [3.05, 3.63) is 63.5 Å². The number of pyridine rings is 2. The van der Waals surface area contributed by atoms with Crippen molar-refractivity contribution >= 4 is 40.1 Å². The zero-order valence-corrected chi connectivity index (χ0v) is 28.6. The molecule has 0 bridgehead atoms. The average Bonchev–Trinajstić information content (AvgIpc) is 3.76. The molecule has 6 rings (SSSR count). The van der Waals surface area contributed by atoms with Crippen molar-refractivity contribution in [1.29, 1.82) is 0 Å². The standard InChI is InChI=1S/C34H39F3N8O4S/c1-3-38-33(49)41-29-15-23(31-40-28(20-50-31)34(35,36)37)25(16-39-29)22-4-5-27-24(14-22)30(46)26(32(47)48)19-45(27)18-21-6-7-44(17-21)13-12-43-10-8-42(2)9-11-43/h4-5,14-16,19-21H,3,6-13,17-18H2,1-2H3,(H,47,48)(H2,38,39,41,49). The number of benzene rings is 1. The highest BCUT2D eigenvalue weighted by atomic mass is 32.1. The number of alkyl halides is 3. The number of carbonyl (C=O) groups is 2. The van der Waals surface area contributed by atoms with Gasteiger partial charge in [-0.3, -0.25) is 15.0 Å². The fraction of sp³-hybridized carbons (Fsp3) is 0.441. The molecule has 2 aliphatic rings. The highest BCUT2D eigenvalue weighted by Crippen LogP contribution is 2.39. The predicted molar refractivity (Wildman–Crippen MR) is 186 cm³/mol. The topological polar surface area (TPSA) is 136 Å². The number of aromatic carboxylic acids is 1. The van der Waals surface area contributed by atoms with Gasteiger partial charge in [0.15, 0.2) is 5.69 Å². The largest absolute Gasteiger partial charge is 0.477 e. The Kier molecular flexibility index (Phi) is 10.5. The zero-order chi connectivity index (χ0) is 35.6. The first kappa shape index (κ1) is 35.4. The van der Waals surface area contributed by atoms with Crippen LogP contribution in [0.4, 0.5) is 23.8 Å². The maximum absolute atomic E-state index is 13.5. The summed E-state index contributed by atoms with van der Waals surface area (Å²) in [5, 5.41) is 16.2. The van der Waals surface area contributed by atoms with E-state index in [-0.39, 0.29) is 33.3 Å². The number of hydrogen-bond acceptors (Lipinski definition) is 9. The van der Waals surface area contributed by atoms with Crippen LogP contribution < -0.4 is 16.1 Å². The molecule has 50 heavy (non-hydrogen) atoms. The number of urea groups is 1. The van der Waals surface area contributed by atoms with Crippen LogP contribution >= 0.6 is 11.3 Å². The quantitative estimate of drug-likeness (QED) is 0.215. The molecule has 0 spiro atoms. The van der Waals surface area contributed by atoms with Gasteiger partial charge in [0.05, 0.1) is 5.52 Å². The minimum Gasteiger partial charge on any atom is -0.477 e. The molecule has 3 aromatic heterocycles. The molecular formula is C34H39F3N8O4S. The number of fused-ring (bicyclic) bond motifs is 1. The molecule has 266 valence electrons. The van der Waals surface area contributed by atoms with Crippen molar-refractivity contribution in [3.8, 4) is 21.7 Å². The summed E-state index contributed by atoms with van der Waals surface area (Å²) in [6.45, 7) is 10.6. The van der Waals surface area contributed by atoms with Crippen LogP contribution in [0.25, 0.3) is 32.6 Å². The molecule has 0 radical (unpaired) electrons. The van der Waals surface area contributed by atoms with E-state index in [1.54, 1.807) is 25.1 Å². The molecule has 0 aliphatic carbocycles. The summed E-state index contributed by atoms with van der Waals surface area (Å²) in [7, 11) is 2.14. The molecule has 2 amide bonds. The van der Waals surface area contributed by atoms with E-state index in [4.69, 9.17) is 0 Å². The van der Waals surface area contributed by atoms with Crippen LogP contribution in [0.1, 0.15) is 29.4 Å². The molecule has 5 heterocycles. The van der Waals surface area contributed by atoms with Crippen molar-refractivity contribution in [3.63, 3.8) is 0 Å². The van der Waals surface area contributed by atoms with E-state index in [0.717, 1.165) is 75.5 Å². The lowest BCUT2D eigenvalue weighted by Gasteiger charge is -2.33. The monoisotopic (exact) mass is 712 g/mol. The molecule has 4 aromatic rings. The number of nitrogens with zero attached hydrogens (tertiary/aromatic N) is 6. The van der Waals surface area contributed by atoms with E-state index >= 15 is 0 Å². The van der Waals surface area contributed by atoms with Gasteiger partial charge in [-0.2, -0.15) is 13.2 Å². The minimum absolute atomic E-state index is 0.0314. The highest BCUT2D eigenvalue weighted by Gasteiger charge is 2.34. The predicted octanol–water partition coefficient (Wildman–Crippen LogP) is 4.61. The lowest BCUT2D eigenvalue weighted by Crippen LogP contribution is -2.46. The van der Waals surface area contributed by atoms with Crippen LogP contribution in [0.3, 0.4) is 0 Å². The third-order valence-electron chi connectivity index (χ3n) is 9.28. The number of piperazine rings is 1. The molecule has 1 atom stereocenters. The first-order valence-electron chi connectivity index (χ1n) is 16.5. The number of carboxylic acid groups (broad SMARTS) is 1. The molecule has 2 fully saturated rings. The van der Waals surface area contributed by atoms with E-state index in [2.05, 4.69) is 42.3 Å². The van der Waals surface area contributed by atoms with Crippen LogP contribution in [-0.4, -0.2) is 112 Å². The number of aromatic nitrogens is 3. The lowest BCUT2D eigenvalue weighted by atomic mass is 9.99. The maximum atomic E-state index is 13.5. The number of anilines is 1. The van der Waals surface area contributed by atoms with E-state index in [9.17, 15) is 32.7 Å². The number of halogens is 3. The van der Waals surface area contributed by atoms with Crippen molar-refractivity contribution < 1.29 is 27.9 Å². The Morgan fingerprint density at radius 1 is 1.06 bits per heavy atom. The summed E-state index contributed by atoms with van der Waals surface area (Å²) >= 11 is 0.782. The number of likely N-dealkylation sites (N-methyl/N-ethyl adjacent to an activating group) is 1. The third-order valence-corrected chi connectivity index (χ3v) is 10.2. The molecular weight excluding hydrogens is 673 g/mol. The SMILES string of the molecule is CCNC(=O)Nc1cc(-c2nc(C(F)(F)F)cs2)c(-c2ccc3c(c2)c(=O)c(C(=O)O)cn3CC2CCN(CCN3CCN(C)CC3)C2)cn1. The second-order valence-electron chi connectivity index (χ2n) is 12.8. The second-order valence-corrected chi connectivity index (χ2v) is 13.7. The van der Waals surface area contributed by atoms with Gasteiger partial charge in [-0.1, -0.05) is 6.07 Å². The highest BCUT2D eigenvalue weighted by molar-refractivity contribution is 7.13. The Balaban J connectivity index is 1.31. The number of thiazole rings is 1. The smallest absolute Gasteiger partial charge is 0.434 e. The zero-order valence-electron chi connectivity index (χ0n) is 27.8. The normalized spacial score (nSPS) is 17.7. The van der Waals surface area contributed by atoms with E-state index in [1.807, 2.05) is 4.57 Å². The number of amides is 2. The first-order valence-corrected chi connectivity index (χ1v) is 17.4. The van der Waals surface area contributed by atoms with Gasteiger partial charge < -0.3 is 24.8 Å². The van der Waals surface area contributed by atoms with Gasteiger partial charge >= 0.3 is 18.2 Å². The first-order chi connectivity index (χ1) is 23.9. The third kappa shape index (κ3) is 7.98. The molecule has 1 unspecified atom stereocenters. The maximum Gasteiger partial charge on any atom is 0.434 e. The fourth-order valence-corrected chi connectivity index (χ4v) is 7.40. The van der Waals surface area contributed by atoms with Crippen LogP contribution in [0.2, 0.25) is 0 Å². The number of carboxylic acids is 1. The number of likely N-dealkylation sites (tertiary alicyclic amines) is 1. The van der Waals surface area contributed by atoms with Crippen molar-refractivity contribution in [2.24, 2.45) is 5.92 Å². The number of hydrogen-bond donors (Lipinski definition) is 3. The number of nitrogens with one attached hydrogen (secondary N) is 2.